The Morgan fingerprint density at radius 1 is 1.33 bits per heavy atom. The van der Waals surface area contributed by atoms with Crippen LogP contribution >= 0.6 is 11.3 Å². The summed E-state index contributed by atoms with van der Waals surface area (Å²) in [7, 11) is 0. The summed E-state index contributed by atoms with van der Waals surface area (Å²) in [4.78, 5) is 24.3. The lowest BCUT2D eigenvalue weighted by Crippen LogP contribution is -2.31. The minimum absolute atomic E-state index is 0.0524. The van der Waals surface area contributed by atoms with Crippen LogP contribution in [0.3, 0.4) is 0 Å². The Morgan fingerprint density at radius 2 is 2.10 bits per heavy atom. The van der Waals surface area contributed by atoms with Gasteiger partial charge in [-0.3, -0.25) is 14.7 Å². The first-order chi connectivity index (χ1) is 10.3. The Kier molecular flexibility index (Phi) is 4.10. The van der Waals surface area contributed by atoms with Gasteiger partial charge in [0.05, 0.1) is 5.69 Å². The Bertz CT molecular complexity index is 627. The molecule has 0 saturated heterocycles. The molecule has 5 heteroatoms. The smallest absolute Gasteiger partial charge is 0.260 e. The zero-order valence-corrected chi connectivity index (χ0v) is 12.6. The van der Waals surface area contributed by atoms with E-state index in [1.54, 1.807) is 46.8 Å². The molecule has 0 aromatic carbocycles. The molecule has 21 heavy (non-hydrogen) atoms. The minimum Gasteiger partial charge on any atom is -0.280 e. The van der Waals surface area contributed by atoms with E-state index in [0.717, 1.165) is 23.7 Å². The zero-order valence-electron chi connectivity index (χ0n) is 11.8. The maximum atomic E-state index is 12.7. The Hall–Kier alpha value is -2.01. The van der Waals surface area contributed by atoms with Crippen LogP contribution in [-0.4, -0.2) is 22.4 Å². The number of carbonyl (C=O) groups excluding carboxylic acids is 1. The maximum Gasteiger partial charge on any atom is 0.260 e. The van der Waals surface area contributed by atoms with E-state index in [1.807, 2.05) is 0 Å². The quantitative estimate of drug-likeness (QED) is 0.814. The van der Waals surface area contributed by atoms with Gasteiger partial charge < -0.3 is 0 Å². The van der Waals surface area contributed by atoms with Gasteiger partial charge in [0.1, 0.15) is 0 Å². The Morgan fingerprint density at radius 3 is 2.81 bits per heavy atom. The molecule has 0 fully saturated rings. The van der Waals surface area contributed by atoms with Crippen LogP contribution in [0, 0.1) is 0 Å². The molecule has 0 spiro atoms. The first-order valence-corrected chi connectivity index (χ1v) is 7.92. The average Bonchev–Trinajstić information content (AvgIpc) is 2.96. The molecular weight excluding hydrogens is 282 g/mol. The highest BCUT2D eigenvalue weighted by Gasteiger charge is 2.23. The van der Waals surface area contributed by atoms with E-state index in [1.165, 1.54) is 17.7 Å². The fraction of sp³-hybridized carbons (Fsp3) is 0.312. The molecule has 2 aromatic rings. The molecule has 1 aliphatic carbocycles. The van der Waals surface area contributed by atoms with Gasteiger partial charge in [0, 0.05) is 29.4 Å². The fourth-order valence-corrected chi connectivity index (χ4v) is 3.64. The van der Waals surface area contributed by atoms with E-state index >= 15 is 0 Å². The molecule has 0 bridgehead atoms. The summed E-state index contributed by atoms with van der Waals surface area (Å²) in [5.41, 5.74) is 1.79. The molecule has 0 saturated carbocycles. The van der Waals surface area contributed by atoms with Gasteiger partial charge in [-0.1, -0.05) is 6.08 Å². The van der Waals surface area contributed by atoms with Gasteiger partial charge in [0.25, 0.3) is 5.91 Å². The van der Waals surface area contributed by atoms with E-state index in [2.05, 4.69) is 16.5 Å². The highest BCUT2D eigenvalue weighted by atomic mass is 32.1. The SMILES string of the molecule is C=CCN(C(=O)c1ccncc1)c1nc2c(s1)CCCC2. The molecular formula is C16H17N3OS. The summed E-state index contributed by atoms with van der Waals surface area (Å²) < 4.78 is 0. The molecule has 3 rings (SSSR count). The van der Waals surface area contributed by atoms with E-state index < -0.39 is 0 Å². The van der Waals surface area contributed by atoms with Gasteiger partial charge in [0.2, 0.25) is 0 Å². The van der Waals surface area contributed by atoms with Crippen molar-refractivity contribution in [1.29, 1.82) is 0 Å². The third-order valence-electron chi connectivity index (χ3n) is 3.55. The molecule has 1 aliphatic rings. The molecule has 2 heterocycles. The monoisotopic (exact) mass is 299 g/mol. The number of hydrogen-bond acceptors (Lipinski definition) is 4. The average molecular weight is 299 g/mol. The standard InChI is InChI=1S/C16H17N3OS/c1-2-11-19(15(20)12-7-9-17-10-8-12)16-18-13-5-3-4-6-14(13)21-16/h2,7-10H,1,3-6,11H2. The largest absolute Gasteiger partial charge is 0.280 e. The van der Waals surface area contributed by atoms with Crippen molar-refractivity contribution >= 4 is 22.4 Å². The summed E-state index contributed by atoms with van der Waals surface area (Å²) >= 11 is 1.64. The lowest BCUT2D eigenvalue weighted by atomic mass is 10.0. The lowest BCUT2D eigenvalue weighted by molar-refractivity contribution is 0.0989. The first kappa shape index (κ1) is 13.9. The number of fused-ring (bicyclic) bond motifs is 1. The highest BCUT2D eigenvalue weighted by molar-refractivity contribution is 7.16. The predicted octanol–water partition coefficient (Wildman–Crippen LogP) is 3.25. The first-order valence-electron chi connectivity index (χ1n) is 7.11. The second-order valence-electron chi connectivity index (χ2n) is 5.01. The van der Waals surface area contributed by atoms with Gasteiger partial charge in [-0.15, -0.1) is 17.9 Å². The minimum atomic E-state index is -0.0524. The molecule has 4 nitrogen and oxygen atoms in total. The molecule has 108 valence electrons. The Balaban J connectivity index is 1.92. The third-order valence-corrected chi connectivity index (χ3v) is 4.73. The molecule has 0 unspecified atom stereocenters. The van der Waals surface area contributed by atoms with Crippen LogP contribution in [-0.2, 0) is 12.8 Å². The molecule has 2 aromatic heterocycles. The predicted molar refractivity (Wildman–Crippen MR) is 84.9 cm³/mol. The molecule has 0 aliphatic heterocycles. The zero-order chi connectivity index (χ0) is 14.7. The summed E-state index contributed by atoms with van der Waals surface area (Å²) in [6, 6.07) is 3.46. The number of pyridine rings is 1. The molecule has 1 amide bonds. The van der Waals surface area contributed by atoms with Gasteiger partial charge in [-0.05, 0) is 37.8 Å². The number of anilines is 1. The van der Waals surface area contributed by atoms with Crippen LogP contribution in [0.15, 0.2) is 37.2 Å². The van der Waals surface area contributed by atoms with Crippen LogP contribution < -0.4 is 4.90 Å². The van der Waals surface area contributed by atoms with Crippen molar-refractivity contribution in [1.82, 2.24) is 9.97 Å². The van der Waals surface area contributed by atoms with Crippen LogP contribution in [0.1, 0.15) is 33.8 Å². The number of thiazole rings is 1. The number of carbonyl (C=O) groups is 1. The number of nitrogens with zero attached hydrogens (tertiary/aromatic N) is 3. The van der Waals surface area contributed by atoms with E-state index in [9.17, 15) is 4.79 Å². The topological polar surface area (TPSA) is 46.1 Å². The van der Waals surface area contributed by atoms with Crippen molar-refractivity contribution in [2.45, 2.75) is 25.7 Å². The van der Waals surface area contributed by atoms with Gasteiger partial charge in [0.15, 0.2) is 5.13 Å². The van der Waals surface area contributed by atoms with Crippen molar-refractivity contribution < 1.29 is 4.79 Å². The number of rotatable bonds is 4. The number of amides is 1. The van der Waals surface area contributed by atoms with Crippen LogP contribution in [0.5, 0.6) is 0 Å². The fourth-order valence-electron chi connectivity index (χ4n) is 2.48. The van der Waals surface area contributed by atoms with Crippen molar-refractivity contribution in [2.24, 2.45) is 0 Å². The van der Waals surface area contributed by atoms with Gasteiger partial charge >= 0.3 is 0 Å². The van der Waals surface area contributed by atoms with E-state index in [0.29, 0.717) is 12.1 Å². The van der Waals surface area contributed by atoms with Crippen molar-refractivity contribution in [3.63, 3.8) is 0 Å². The summed E-state index contributed by atoms with van der Waals surface area (Å²) in [6.45, 7) is 4.22. The van der Waals surface area contributed by atoms with Crippen LogP contribution in [0.25, 0.3) is 0 Å². The second-order valence-corrected chi connectivity index (χ2v) is 6.08. The third kappa shape index (κ3) is 2.88. The molecule has 0 radical (unpaired) electrons. The normalized spacial score (nSPS) is 13.5. The van der Waals surface area contributed by atoms with E-state index in [4.69, 9.17) is 0 Å². The van der Waals surface area contributed by atoms with Crippen molar-refractivity contribution in [3.8, 4) is 0 Å². The van der Waals surface area contributed by atoms with Crippen molar-refractivity contribution in [3.05, 3.63) is 53.3 Å². The second kappa shape index (κ2) is 6.18. The van der Waals surface area contributed by atoms with Gasteiger partial charge in [-0.25, -0.2) is 4.98 Å². The van der Waals surface area contributed by atoms with E-state index in [-0.39, 0.29) is 5.91 Å². The Labute approximate surface area is 128 Å². The van der Waals surface area contributed by atoms with Crippen molar-refractivity contribution in [2.75, 3.05) is 11.4 Å². The summed E-state index contributed by atoms with van der Waals surface area (Å²) in [5, 5.41) is 0.781. The molecule has 0 N–H and O–H groups in total. The number of aromatic nitrogens is 2. The summed E-state index contributed by atoms with van der Waals surface area (Å²) in [5.74, 6) is -0.0524. The van der Waals surface area contributed by atoms with Crippen LogP contribution in [0.2, 0.25) is 0 Å². The summed E-state index contributed by atoms with van der Waals surface area (Å²) in [6.07, 6.45) is 9.51. The van der Waals surface area contributed by atoms with Gasteiger partial charge in [-0.2, -0.15) is 0 Å². The highest BCUT2D eigenvalue weighted by Crippen LogP contribution is 2.32. The maximum absolute atomic E-state index is 12.7. The number of hydrogen-bond donors (Lipinski definition) is 0. The lowest BCUT2D eigenvalue weighted by Gasteiger charge is -2.17. The molecule has 0 atom stereocenters. The van der Waals surface area contributed by atoms with Crippen LogP contribution in [0.4, 0.5) is 5.13 Å². The number of aryl methyl sites for hydroxylation is 2.